The molecule has 1 aromatic rings. The molecule has 2 fully saturated rings. The Balaban J connectivity index is 1.39. The Labute approximate surface area is 136 Å². The van der Waals surface area contributed by atoms with Crippen LogP contribution in [0.5, 0.6) is 5.75 Å². The number of rotatable bonds is 5. The fourth-order valence-corrected chi connectivity index (χ4v) is 3.24. The van der Waals surface area contributed by atoms with Gasteiger partial charge in [0.25, 0.3) is 0 Å². The van der Waals surface area contributed by atoms with Crippen LogP contribution < -0.4 is 4.74 Å². The number of piperidine rings is 1. The number of carbonyl (C=O) groups is 1. The average molecular weight is 321 g/mol. The largest absolute Gasteiger partial charge is 0.490 e. The molecule has 2 heterocycles. The number of carbonyl (C=O) groups excluding carboxylic acids is 1. The van der Waals surface area contributed by atoms with Crippen LogP contribution in [0, 0.1) is 5.82 Å². The highest BCUT2D eigenvalue weighted by Crippen LogP contribution is 2.21. The molecule has 2 aliphatic rings. The standard InChI is InChI=1S/C18H24FNO3/c19-14-3-5-16(6-4-14)23-17-9-11-20(12-10-17)18(21)8-7-15-2-1-13-22-15/h3-6,15,17H,1-2,7-13H2. The molecule has 3 rings (SSSR count). The SMILES string of the molecule is O=C(CCC1CCCO1)N1CCC(Oc2ccc(F)cc2)CC1. The summed E-state index contributed by atoms with van der Waals surface area (Å²) in [5.41, 5.74) is 0. The van der Waals surface area contributed by atoms with Crippen LogP contribution in [-0.4, -0.2) is 42.7 Å². The van der Waals surface area contributed by atoms with E-state index in [-0.39, 0.29) is 23.9 Å². The van der Waals surface area contributed by atoms with Crippen molar-refractivity contribution in [2.75, 3.05) is 19.7 Å². The summed E-state index contributed by atoms with van der Waals surface area (Å²) >= 11 is 0. The maximum Gasteiger partial charge on any atom is 0.222 e. The molecular weight excluding hydrogens is 297 g/mol. The van der Waals surface area contributed by atoms with E-state index in [0.29, 0.717) is 12.2 Å². The van der Waals surface area contributed by atoms with E-state index in [1.165, 1.54) is 12.1 Å². The molecule has 0 radical (unpaired) electrons. The normalized spacial score (nSPS) is 22.3. The third-order valence-corrected chi connectivity index (χ3v) is 4.62. The summed E-state index contributed by atoms with van der Waals surface area (Å²) in [4.78, 5) is 14.2. The number of hydrogen-bond donors (Lipinski definition) is 0. The van der Waals surface area contributed by atoms with Crippen molar-refractivity contribution >= 4 is 5.91 Å². The van der Waals surface area contributed by atoms with E-state index < -0.39 is 0 Å². The lowest BCUT2D eigenvalue weighted by atomic mass is 10.1. The van der Waals surface area contributed by atoms with Crippen LogP contribution in [0.15, 0.2) is 24.3 Å². The van der Waals surface area contributed by atoms with Crippen molar-refractivity contribution in [3.05, 3.63) is 30.1 Å². The van der Waals surface area contributed by atoms with Crippen LogP contribution in [0.3, 0.4) is 0 Å². The molecule has 0 bridgehead atoms. The van der Waals surface area contributed by atoms with Crippen LogP contribution in [0.2, 0.25) is 0 Å². The third-order valence-electron chi connectivity index (χ3n) is 4.62. The summed E-state index contributed by atoms with van der Waals surface area (Å²) in [7, 11) is 0. The molecule has 1 atom stereocenters. The van der Waals surface area contributed by atoms with Crippen LogP contribution in [-0.2, 0) is 9.53 Å². The number of benzene rings is 1. The van der Waals surface area contributed by atoms with Gasteiger partial charge in [0.2, 0.25) is 5.91 Å². The molecule has 126 valence electrons. The van der Waals surface area contributed by atoms with Gasteiger partial charge >= 0.3 is 0 Å². The van der Waals surface area contributed by atoms with Gasteiger partial charge in [0.05, 0.1) is 6.10 Å². The number of halogens is 1. The van der Waals surface area contributed by atoms with Gasteiger partial charge in [-0.3, -0.25) is 4.79 Å². The van der Waals surface area contributed by atoms with E-state index in [1.54, 1.807) is 12.1 Å². The second kappa shape index (κ2) is 7.77. The first kappa shape index (κ1) is 16.2. The van der Waals surface area contributed by atoms with Crippen molar-refractivity contribution in [1.82, 2.24) is 4.90 Å². The number of nitrogens with zero attached hydrogens (tertiary/aromatic N) is 1. The predicted octanol–water partition coefficient (Wildman–Crippen LogP) is 3.15. The molecule has 2 aliphatic heterocycles. The minimum absolute atomic E-state index is 0.0997. The summed E-state index contributed by atoms with van der Waals surface area (Å²) in [5.74, 6) is 0.652. The van der Waals surface area contributed by atoms with E-state index >= 15 is 0 Å². The summed E-state index contributed by atoms with van der Waals surface area (Å²) in [6.07, 6.45) is 5.64. The fraction of sp³-hybridized carbons (Fsp3) is 0.611. The van der Waals surface area contributed by atoms with Gasteiger partial charge in [0.15, 0.2) is 0 Å². The van der Waals surface area contributed by atoms with Crippen molar-refractivity contribution in [3.63, 3.8) is 0 Å². The van der Waals surface area contributed by atoms with Crippen molar-refractivity contribution in [1.29, 1.82) is 0 Å². The van der Waals surface area contributed by atoms with E-state index in [1.807, 2.05) is 4.90 Å². The molecule has 2 saturated heterocycles. The van der Waals surface area contributed by atoms with Gasteiger partial charge < -0.3 is 14.4 Å². The van der Waals surface area contributed by atoms with Crippen molar-refractivity contribution < 1.29 is 18.7 Å². The molecule has 1 aromatic carbocycles. The molecule has 23 heavy (non-hydrogen) atoms. The molecule has 5 heteroatoms. The smallest absolute Gasteiger partial charge is 0.222 e. The number of hydrogen-bond acceptors (Lipinski definition) is 3. The van der Waals surface area contributed by atoms with Crippen molar-refractivity contribution in [2.45, 2.75) is 50.7 Å². The first-order chi connectivity index (χ1) is 11.2. The maximum atomic E-state index is 12.9. The Kier molecular flexibility index (Phi) is 5.49. The zero-order chi connectivity index (χ0) is 16.1. The van der Waals surface area contributed by atoms with Gasteiger partial charge in [-0.15, -0.1) is 0 Å². The Bertz CT molecular complexity index is 506. The highest BCUT2D eigenvalue weighted by molar-refractivity contribution is 5.76. The topological polar surface area (TPSA) is 38.8 Å². The minimum atomic E-state index is -0.260. The first-order valence-corrected chi connectivity index (χ1v) is 8.52. The Hall–Kier alpha value is -1.62. The quantitative estimate of drug-likeness (QED) is 0.836. The van der Waals surface area contributed by atoms with E-state index in [0.717, 1.165) is 51.8 Å². The van der Waals surface area contributed by atoms with Crippen molar-refractivity contribution in [3.8, 4) is 5.75 Å². The van der Waals surface area contributed by atoms with Gasteiger partial charge in [0, 0.05) is 39.0 Å². The number of ether oxygens (including phenoxy) is 2. The van der Waals surface area contributed by atoms with Gasteiger partial charge in [-0.25, -0.2) is 4.39 Å². The van der Waals surface area contributed by atoms with Gasteiger partial charge in [-0.05, 0) is 43.5 Å². The van der Waals surface area contributed by atoms with Crippen LogP contribution >= 0.6 is 0 Å². The zero-order valence-electron chi connectivity index (χ0n) is 13.4. The molecule has 0 aliphatic carbocycles. The highest BCUT2D eigenvalue weighted by atomic mass is 19.1. The lowest BCUT2D eigenvalue weighted by Gasteiger charge is -2.32. The first-order valence-electron chi connectivity index (χ1n) is 8.52. The average Bonchev–Trinajstić information content (AvgIpc) is 3.09. The second-order valence-electron chi connectivity index (χ2n) is 6.33. The van der Waals surface area contributed by atoms with E-state index in [4.69, 9.17) is 9.47 Å². The number of likely N-dealkylation sites (tertiary alicyclic amines) is 1. The molecular formula is C18H24FNO3. The van der Waals surface area contributed by atoms with Gasteiger partial charge in [-0.1, -0.05) is 0 Å². The molecule has 0 saturated carbocycles. The van der Waals surface area contributed by atoms with E-state index in [2.05, 4.69) is 0 Å². The maximum absolute atomic E-state index is 12.9. The lowest BCUT2D eigenvalue weighted by Crippen LogP contribution is -2.41. The molecule has 4 nitrogen and oxygen atoms in total. The third kappa shape index (κ3) is 4.67. The number of amides is 1. The van der Waals surface area contributed by atoms with E-state index in [9.17, 15) is 9.18 Å². The van der Waals surface area contributed by atoms with Gasteiger partial charge in [-0.2, -0.15) is 0 Å². The Morgan fingerprint density at radius 3 is 2.61 bits per heavy atom. The predicted molar refractivity (Wildman–Crippen MR) is 84.8 cm³/mol. The Morgan fingerprint density at radius 1 is 1.22 bits per heavy atom. The molecule has 1 unspecified atom stereocenters. The monoisotopic (exact) mass is 321 g/mol. The molecule has 0 aromatic heterocycles. The zero-order valence-corrected chi connectivity index (χ0v) is 13.4. The fourth-order valence-electron chi connectivity index (χ4n) is 3.24. The molecule has 0 spiro atoms. The van der Waals surface area contributed by atoms with Crippen LogP contribution in [0.4, 0.5) is 4.39 Å². The summed E-state index contributed by atoms with van der Waals surface area (Å²) in [6.45, 7) is 2.30. The summed E-state index contributed by atoms with van der Waals surface area (Å²) in [5, 5.41) is 0. The lowest BCUT2D eigenvalue weighted by molar-refractivity contribution is -0.133. The minimum Gasteiger partial charge on any atom is -0.490 e. The van der Waals surface area contributed by atoms with Crippen LogP contribution in [0.1, 0.15) is 38.5 Å². The van der Waals surface area contributed by atoms with Gasteiger partial charge in [0.1, 0.15) is 17.7 Å². The molecule has 0 N–H and O–H groups in total. The molecule has 1 amide bonds. The summed E-state index contributed by atoms with van der Waals surface area (Å²) in [6, 6.07) is 6.10. The summed E-state index contributed by atoms with van der Waals surface area (Å²) < 4.78 is 24.3. The Morgan fingerprint density at radius 2 is 1.96 bits per heavy atom. The van der Waals surface area contributed by atoms with Crippen molar-refractivity contribution in [2.24, 2.45) is 0 Å². The van der Waals surface area contributed by atoms with Crippen LogP contribution in [0.25, 0.3) is 0 Å². The highest BCUT2D eigenvalue weighted by Gasteiger charge is 2.25. The second-order valence-corrected chi connectivity index (χ2v) is 6.33.